The molecular weight excluding hydrogens is 198 g/mol. The van der Waals surface area contributed by atoms with Crippen LogP contribution in [0.2, 0.25) is 0 Å². The van der Waals surface area contributed by atoms with Gasteiger partial charge in [-0.15, -0.1) is 0 Å². The van der Waals surface area contributed by atoms with Gasteiger partial charge in [-0.1, -0.05) is 0 Å². The van der Waals surface area contributed by atoms with Gasteiger partial charge in [0.2, 0.25) is 5.76 Å². The second-order valence-corrected chi connectivity index (χ2v) is 3.51. The Kier molecular flexibility index (Phi) is 3.88. The van der Waals surface area contributed by atoms with Gasteiger partial charge in [0.05, 0.1) is 12.6 Å². The highest BCUT2D eigenvalue weighted by Crippen LogP contribution is 2.14. The van der Waals surface area contributed by atoms with Crippen molar-refractivity contribution in [3.05, 3.63) is 23.2 Å². The molecule has 0 bridgehead atoms. The standard InChI is InChI=1S/C10H15NO4/c1-6-3-8(5-11-4-7(2)12)15-9(6)10(13)14/h3,7,11-12H,4-5H2,1-2H3,(H,13,14). The fraction of sp³-hybridized carbons (Fsp3) is 0.500. The molecule has 15 heavy (non-hydrogen) atoms. The third kappa shape index (κ3) is 3.38. The van der Waals surface area contributed by atoms with E-state index in [0.29, 0.717) is 24.4 Å². The maximum Gasteiger partial charge on any atom is 0.372 e. The van der Waals surface area contributed by atoms with Gasteiger partial charge in [0, 0.05) is 12.1 Å². The van der Waals surface area contributed by atoms with Gasteiger partial charge in [-0.2, -0.15) is 0 Å². The Hall–Kier alpha value is -1.33. The van der Waals surface area contributed by atoms with Gasteiger partial charge in [-0.3, -0.25) is 0 Å². The normalized spacial score (nSPS) is 12.7. The molecule has 1 aromatic heterocycles. The molecule has 1 atom stereocenters. The van der Waals surface area contributed by atoms with Crippen molar-refractivity contribution in [2.45, 2.75) is 26.5 Å². The van der Waals surface area contributed by atoms with Gasteiger partial charge in [0.1, 0.15) is 5.76 Å². The lowest BCUT2D eigenvalue weighted by Gasteiger charge is -2.04. The van der Waals surface area contributed by atoms with Crippen LogP contribution in [0, 0.1) is 6.92 Å². The van der Waals surface area contributed by atoms with Crippen molar-refractivity contribution < 1.29 is 19.4 Å². The largest absolute Gasteiger partial charge is 0.475 e. The van der Waals surface area contributed by atoms with Crippen molar-refractivity contribution in [3.63, 3.8) is 0 Å². The van der Waals surface area contributed by atoms with Crippen LogP contribution in [-0.2, 0) is 6.54 Å². The summed E-state index contributed by atoms with van der Waals surface area (Å²) >= 11 is 0. The molecule has 1 heterocycles. The van der Waals surface area contributed by atoms with Crippen LogP contribution in [0.5, 0.6) is 0 Å². The van der Waals surface area contributed by atoms with E-state index >= 15 is 0 Å². The number of carboxylic acid groups (broad SMARTS) is 1. The molecule has 1 rings (SSSR count). The molecule has 0 amide bonds. The lowest BCUT2D eigenvalue weighted by Crippen LogP contribution is -2.23. The minimum atomic E-state index is -1.06. The van der Waals surface area contributed by atoms with Crippen LogP contribution >= 0.6 is 0 Å². The zero-order valence-corrected chi connectivity index (χ0v) is 8.78. The number of aliphatic hydroxyl groups excluding tert-OH is 1. The summed E-state index contributed by atoms with van der Waals surface area (Å²) in [5.74, 6) is -0.524. The molecule has 0 fully saturated rings. The van der Waals surface area contributed by atoms with E-state index in [1.807, 2.05) is 0 Å². The second kappa shape index (κ2) is 4.95. The Labute approximate surface area is 87.7 Å². The summed E-state index contributed by atoms with van der Waals surface area (Å²) in [4.78, 5) is 10.7. The summed E-state index contributed by atoms with van der Waals surface area (Å²) in [7, 11) is 0. The first-order chi connectivity index (χ1) is 7.00. The van der Waals surface area contributed by atoms with Gasteiger partial charge >= 0.3 is 5.97 Å². The Morgan fingerprint density at radius 2 is 2.33 bits per heavy atom. The van der Waals surface area contributed by atoms with Gasteiger partial charge in [0.15, 0.2) is 0 Å². The van der Waals surface area contributed by atoms with Gasteiger partial charge in [-0.25, -0.2) is 4.79 Å². The summed E-state index contributed by atoms with van der Waals surface area (Å²) in [5, 5.41) is 20.7. The number of rotatable bonds is 5. The first kappa shape index (κ1) is 11.7. The molecule has 1 aromatic rings. The number of nitrogens with one attached hydrogen (secondary N) is 1. The van der Waals surface area contributed by atoms with E-state index in [9.17, 15) is 4.79 Å². The predicted octanol–water partition coefficient (Wildman–Crippen LogP) is 0.757. The smallest absolute Gasteiger partial charge is 0.372 e. The molecule has 0 aliphatic carbocycles. The quantitative estimate of drug-likeness (QED) is 0.672. The highest BCUT2D eigenvalue weighted by Gasteiger charge is 2.13. The van der Waals surface area contributed by atoms with Gasteiger partial charge < -0.3 is 19.9 Å². The average Bonchev–Trinajstić information content (AvgIpc) is 2.46. The van der Waals surface area contributed by atoms with Crippen LogP contribution in [-0.4, -0.2) is 28.8 Å². The highest BCUT2D eigenvalue weighted by molar-refractivity contribution is 5.86. The summed E-state index contributed by atoms with van der Waals surface area (Å²) in [5.41, 5.74) is 0.608. The number of hydrogen-bond acceptors (Lipinski definition) is 4. The molecule has 0 aromatic carbocycles. The molecule has 5 heteroatoms. The molecule has 84 valence electrons. The number of carbonyl (C=O) groups is 1. The van der Waals surface area contributed by atoms with E-state index in [2.05, 4.69) is 5.32 Å². The number of furan rings is 1. The summed E-state index contributed by atoms with van der Waals surface area (Å²) in [6.07, 6.45) is -0.431. The molecule has 0 aliphatic heterocycles. The third-order valence-corrected chi connectivity index (χ3v) is 1.90. The number of aryl methyl sites for hydroxylation is 1. The van der Waals surface area contributed by atoms with E-state index in [1.54, 1.807) is 19.9 Å². The Morgan fingerprint density at radius 1 is 1.67 bits per heavy atom. The molecule has 0 aliphatic rings. The maximum atomic E-state index is 10.7. The van der Waals surface area contributed by atoms with Crippen molar-refractivity contribution in [1.82, 2.24) is 5.32 Å². The van der Waals surface area contributed by atoms with E-state index in [-0.39, 0.29) is 5.76 Å². The topological polar surface area (TPSA) is 82.7 Å². The van der Waals surface area contributed by atoms with Gasteiger partial charge in [0.25, 0.3) is 0 Å². The molecule has 1 unspecified atom stereocenters. The van der Waals surface area contributed by atoms with Crippen molar-refractivity contribution >= 4 is 5.97 Å². The fourth-order valence-electron chi connectivity index (χ4n) is 1.25. The molecular formula is C10H15NO4. The van der Waals surface area contributed by atoms with E-state index in [4.69, 9.17) is 14.6 Å². The van der Waals surface area contributed by atoms with Gasteiger partial charge in [-0.05, 0) is 19.9 Å². The first-order valence-corrected chi connectivity index (χ1v) is 4.72. The number of hydrogen-bond donors (Lipinski definition) is 3. The first-order valence-electron chi connectivity index (χ1n) is 4.72. The zero-order chi connectivity index (χ0) is 11.4. The molecule has 0 saturated heterocycles. The van der Waals surface area contributed by atoms with E-state index in [1.165, 1.54) is 0 Å². The predicted molar refractivity (Wildman–Crippen MR) is 53.8 cm³/mol. The van der Waals surface area contributed by atoms with Crippen LogP contribution in [0.25, 0.3) is 0 Å². The molecule has 5 nitrogen and oxygen atoms in total. The average molecular weight is 213 g/mol. The minimum absolute atomic E-state index is 0.0242. The Bertz CT molecular complexity index is 343. The summed E-state index contributed by atoms with van der Waals surface area (Å²) < 4.78 is 5.11. The van der Waals surface area contributed by atoms with E-state index in [0.717, 1.165) is 0 Å². The van der Waals surface area contributed by atoms with Crippen molar-refractivity contribution in [2.24, 2.45) is 0 Å². The Balaban J connectivity index is 2.56. The number of aliphatic hydroxyl groups is 1. The summed E-state index contributed by atoms with van der Waals surface area (Å²) in [6.45, 7) is 4.22. The number of aromatic carboxylic acids is 1. The highest BCUT2D eigenvalue weighted by atomic mass is 16.4. The maximum absolute atomic E-state index is 10.7. The van der Waals surface area contributed by atoms with Crippen molar-refractivity contribution in [3.8, 4) is 0 Å². The van der Waals surface area contributed by atoms with Crippen LogP contribution in [0.4, 0.5) is 0 Å². The monoisotopic (exact) mass is 213 g/mol. The zero-order valence-electron chi connectivity index (χ0n) is 8.78. The molecule has 0 saturated carbocycles. The lowest BCUT2D eigenvalue weighted by molar-refractivity contribution is 0.0659. The van der Waals surface area contributed by atoms with Crippen molar-refractivity contribution in [1.29, 1.82) is 0 Å². The third-order valence-electron chi connectivity index (χ3n) is 1.90. The molecule has 0 radical (unpaired) electrons. The van der Waals surface area contributed by atoms with Crippen LogP contribution in [0.3, 0.4) is 0 Å². The summed E-state index contributed by atoms with van der Waals surface area (Å²) in [6, 6.07) is 1.68. The molecule has 3 N–H and O–H groups in total. The minimum Gasteiger partial charge on any atom is -0.475 e. The Morgan fingerprint density at radius 3 is 2.80 bits per heavy atom. The van der Waals surface area contributed by atoms with E-state index < -0.39 is 12.1 Å². The number of carboxylic acids is 1. The fourth-order valence-corrected chi connectivity index (χ4v) is 1.25. The SMILES string of the molecule is Cc1cc(CNCC(C)O)oc1C(=O)O. The van der Waals surface area contributed by atoms with Crippen molar-refractivity contribution in [2.75, 3.05) is 6.54 Å². The van der Waals surface area contributed by atoms with Crippen LogP contribution < -0.4 is 5.32 Å². The second-order valence-electron chi connectivity index (χ2n) is 3.51. The lowest BCUT2D eigenvalue weighted by atomic mass is 10.2. The molecule has 0 spiro atoms. The van der Waals surface area contributed by atoms with Crippen LogP contribution in [0.15, 0.2) is 10.5 Å². The van der Waals surface area contributed by atoms with Crippen LogP contribution in [0.1, 0.15) is 28.8 Å².